The molecule has 0 heterocycles. The quantitative estimate of drug-likeness (QED) is 0.364. The average Bonchev–Trinajstić information content (AvgIpc) is 2.79. The van der Waals surface area contributed by atoms with Crippen LogP contribution in [-0.2, 0) is 5.41 Å². The Labute approximate surface area is 195 Å². The van der Waals surface area contributed by atoms with E-state index in [1.807, 2.05) is 18.2 Å². The minimum Gasteiger partial charge on any atom is -0.351 e. The highest BCUT2D eigenvalue weighted by molar-refractivity contribution is 6.34. The van der Waals surface area contributed by atoms with Gasteiger partial charge in [-0.1, -0.05) is 60.5 Å². The summed E-state index contributed by atoms with van der Waals surface area (Å²) in [7, 11) is 0. The summed E-state index contributed by atoms with van der Waals surface area (Å²) in [4.78, 5) is 36.1. The van der Waals surface area contributed by atoms with E-state index in [0.717, 1.165) is 25.3 Å². The lowest BCUT2D eigenvalue weighted by atomic mass is 9.64. The topological polar surface area (TPSA) is 101 Å². The van der Waals surface area contributed by atoms with E-state index in [-0.39, 0.29) is 27.6 Å². The van der Waals surface area contributed by atoms with Gasteiger partial charge in [0, 0.05) is 24.1 Å². The number of hydrogen-bond donors (Lipinski definition) is 2. The maximum Gasteiger partial charge on any atom is 0.270 e. The van der Waals surface area contributed by atoms with Crippen LogP contribution >= 0.6 is 11.6 Å². The fourth-order valence-electron chi connectivity index (χ4n) is 4.09. The Bertz CT molecular complexity index is 1210. The number of benzene rings is 3. The maximum atomic E-state index is 13.0. The molecule has 1 saturated carbocycles. The van der Waals surface area contributed by atoms with Crippen LogP contribution < -0.4 is 10.6 Å². The summed E-state index contributed by atoms with van der Waals surface area (Å²) in [6.07, 6.45) is 3.13. The minimum absolute atomic E-state index is 0.0431. The monoisotopic (exact) mass is 463 g/mol. The second-order valence-electron chi connectivity index (χ2n) is 8.10. The number of para-hydroxylation sites is 1. The molecule has 0 atom stereocenters. The number of halogens is 1. The van der Waals surface area contributed by atoms with Gasteiger partial charge in [0.25, 0.3) is 17.5 Å². The van der Waals surface area contributed by atoms with Crippen molar-refractivity contribution in [2.45, 2.75) is 24.7 Å². The number of non-ortho nitro benzene ring substituents is 1. The predicted molar refractivity (Wildman–Crippen MR) is 127 cm³/mol. The van der Waals surface area contributed by atoms with Gasteiger partial charge in [0.2, 0.25) is 0 Å². The summed E-state index contributed by atoms with van der Waals surface area (Å²) in [6.45, 7) is 0.506. The summed E-state index contributed by atoms with van der Waals surface area (Å²) < 4.78 is 0. The van der Waals surface area contributed by atoms with Crippen LogP contribution in [0.5, 0.6) is 0 Å². The molecule has 2 amide bonds. The number of nitro groups is 1. The van der Waals surface area contributed by atoms with Crippen molar-refractivity contribution < 1.29 is 14.5 Å². The second-order valence-corrected chi connectivity index (χ2v) is 8.51. The first-order valence-corrected chi connectivity index (χ1v) is 11.0. The van der Waals surface area contributed by atoms with Gasteiger partial charge in [-0.05, 0) is 36.6 Å². The molecule has 1 fully saturated rings. The van der Waals surface area contributed by atoms with E-state index in [9.17, 15) is 19.7 Å². The van der Waals surface area contributed by atoms with Crippen molar-refractivity contribution >= 4 is 34.8 Å². The number of rotatable bonds is 7. The normalized spacial score (nSPS) is 14.1. The lowest BCUT2D eigenvalue weighted by Gasteiger charge is -2.42. The number of carbonyl (C=O) groups excluding carboxylic acids is 2. The van der Waals surface area contributed by atoms with Crippen LogP contribution in [0.1, 0.15) is 45.5 Å². The molecule has 4 rings (SSSR count). The van der Waals surface area contributed by atoms with Crippen molar-refractivity contribution in [3.8, 4) is 0 Å². The molecule has 8 heteroatoms. The number of carbonyl (C=O) groups is 2. The first-order valence-electron chi connectivity index (χ1n) is 10.6. The number of nitrogens with zero attached hydrogens (tertiary/aromatic N) is 1. The van der Waals surface area contributed by atoms with E-state index in [1.165, 1.54) is 17.7 Å². The molecule has 2 N–H and O–H groups in total. The van der Waals surface area contributed by atoms with Gasteiger partial charge in [-0.2, -0.15) is 0 Å². The van der Waals surface area contributed by atoms with Crippen LogP contribution in [0.3, 0.4) is 0 Å². The minimum atomic E-state index is -0.586. The molecule has 3 aromatic carbocycles. The van der Waals surface area contributed by atoms with Crippen molar-refractivity contribution in [3.63, 3.8) is 0 Å². The molecule has 7 nitrogen and oxygen atoms in total. The van der Waals surface area contributed by atoms with Gasteiger partial charge < -0.3 is 10.6 Å². The van der Waals surface area contributed by atoms with Crippen molar-refractivity contribution in [3.05, 3.63) is 105 Å². The third kappa shape index (κ3) is 4.73. The van der Waals surface area contributed by atoms with Gasteiger partial charge in [0.1, 0.15) is 0 Å². The SMILES string of the molecule is O=C(Nc1ccccc1C(=O)NCC1(c2ccccc2)CCC1)c1ccc([N+](=O)[O-])cc1Cl. The standard InChI is InChI=1S/C25H22ClN3O4/c26-21-15-18(29(32)33)11-12-19(21)24(31)28-22-10-5-4-9-20(22)23(30)27-16-25(13-6-14-25)17-7-2-1-3-8-17/h1-5,7-12,15H,6,13-14,16H2,(H,27,30)(H,28,31). The number of amides is 2. The smallest absolute Gasteiger partial charge is 0.270 e. The Kier molecular flexibility index (Phi) is 6.42. The first-order chi connectivity index (χ1) is 15.9. The zero-order chi connectivity index (χ0) is 23.4. The predicted octanol–water partition coefficient (Wildman–Crippen LogP) is 5.35. The first kappa shape index (κ1) is 22.5. The van der Waals surface area contributed by atoms with Gasteiger partial charge >= 0.3 is 0 Å². The largest absolute Gasteiger partial charge is 0.351 e. The highest BCUT2D eigenvalue weighted by Crippen LogP contribution is 2.43. The summed E-state index contributed by atoms with van der Waals surface area (Å²) in [6, 6.07) is 20.5. The molecule has 33 heavy (non-hydrogen) atoms. The van der Waals surface area contributed by atoms with Gasteiger partial charge in [0.15, 0.2) is 0 Å². The van der Waals surface area contributed by atoms with Crippen LogP contribution in [0.4, 0.5) is 11.4 Å². The van der Waals surface area contributed by atoms with Crippen molar-refractivity contribution in [1.29, 1.82) is 0 Å². The van der Waals surface area contributed by atoms with E-state index in [0.29, 0.717) is 17.8 Å². The van der Waals surface area contributed by atoms with E-state index in [1.54, 1.807) is 24.3 Å². The molecule has 168 valence electrons. The van der Waals surface area contributed by atoms with Gasteiger partial charge in [-0.3, -0.25) is 19.7 Å². The summed E-state index contributed by atoms with van der Waals surface area (Å²) >= 11 is 6.07. The number of hydrogen-bond acceptors (Lipinski definition) is 4. The zero-order valence-corrected chi connectivity index (χ0v) is 18.5. The van der Waals surface area contributed by atoms with Crippen molar-refractivity contribution in [2.24, 2.45) is 0 Å². The van der Waals surface area contributed by atoms with Gasteiger partial charge in [0.05, 0.1) is 26.8 Å². The zero-order valence-electron chi connectivity index (χ0n) is 17.7. The second kappa shape index (κ2) is 9.42. The van der Waals surface area contributed by atoms with E-state index >= 15 is 0 Å². The molecule has 3 aromatic rings. The number of nitrogens with one attached hydrogen (secondary N) is 2. The Morgan fingerprint density at radius 3 is 2.27 bits per heavy atom. The Balaban J connectivity index is 1.49. The maximum absolute atomic E-state index is 13.0. The molecule has 1 aliphatic carbocycles. The third-order valence-electron chi connectivity index (χ3n) is 6.11. The molecule has 0 radical (unpaired) electrons. The molecular weight excluding hydrogens is 442 g/mol. The van der Waals surface area contributed by atoms with Gasteiger partial charge in [-0.15, -0.1) is 0 Å². The molecule has 0 bridgehead atoms. The highest BCUT2D eigenvalue weighted by atomic mass is 35.5. The molecule has 0 spiro atoms. The molecule has 0 unspecified atom stereocenters. The molecule has 0 aliphatic heterocycles. The highest BCUT2D eigenvalue weighted by Gasteiger charge is 2.38. The average molecular weight is 464 g/mol. The third-order valence-corrected chi connectivity index (χ3v) is 6.42. The van der Waals surface area contributed by atoms with Crippen molar-refractivity contribution in [1.82, 2.24) is 5.32 Å². The summed E-state index contributed by atoms with van der Waals surface area (Å²) in [5.41, 5.74) is 1.67. The summed E-state index contributed by atoms with van der Waals surface area (Å²) in [5, 5.41) is 16.6. The van der Waals surface area contributed by atoms with Crippen LogP contribution in [0.25, 0.3) is 0 Å². The van der Waals surface area contributed by atoms with E-state index in [2.05, 4.69) is 22.8 Å². The van der Waals surface area contributed by atoms with Crippen LogP contribution in [-0.4, -0.2) is 23.3 Å². The Hall–Kier alpha value is -3.71. The van der Waals surface area contributed by atoms with E-state index < -0.39 is 10.8 Å². The Morgan fingerprint density at radius 1 is 0.939 bits per heavy atom. The van der Waals surface area contributed by atoms with Gasteiger partial charge in [-0.25, -0.2) is 0 Å². The van der Waals surface area contributed by atoms with Crippen LogP contribution in [0.2, 0.25) is 5.02 Å². The van der Waals surface area contributed by atoms with Crippen LogP contribution in [0.15, 0.2) is 72.8 Å². The molecule has 0 aromatic heterocycles. The van der Waals surface area contributed by atoms with Crippen molar-refractivity contribution in [2.75, 3.05) is 11.9 Å². The number of nitro benzene ring substituents is 1. The number of anilines is 1. The fourth-order valence-corrected chi connectivity index (χ4v) is 4.35. The molecular formula is C25H22ClN3O4. The summed E-state index contributed by atoms with van der Waals surface area (Å²) in [5.74, 6) is -0.849. The molecule has 1 aliphatic rings. The molecule has 0 saturated heterocycles. The lowest BCUT2D eigenvalue weighted by molar-refractivity contribution is -0.384. The lowest BCUT2D eigenvalue weighted by Crippen LogP contribution is -2.45. The van der Waals surface area contributed by atoms with Crippen LogP contribution in [0, 0.1) is 10.1 Å². The fraction of sp³-hybridized carbons (Fsp3) is 0.200. The van der Waals surface area contributed by atoms with E-state index in [4.69, 9.17) is 11.6 Å². The Morgan fingerprint density at radius 2 is 1.64 bits per heavy atom.